The van der Waals surface area contributed by atoms with Crippen LogP contribution in [0.25, 0.3) is 0 Å². The summed E-state index contributed by atoms with van der Waals surface area (Å²) in [6.45, 7) is 5.79. The maximum atomic E-state index is 11.5. The number of nitrogen functional groups attached to an aromatic ring is 1. The van der Waals surface area contributed by atoms with Crippen molar-refractivity contribution in [2.45, 2.75) is 33.2 Å². The van der Waals surface area contributed by atoms with E-state index in [0.717, 1.165) is 5.56 Å². The number of ether oxygens (including phenoxy) is 1. The number of nitrogens with zero attached hydrogens (tertiary/aromatic N) is 2. The summed E-state index contributed by atoms with van der Waals surface area (Å²) in [7, 11) is 0. The molecular formula is C11H19N5O2. The highest BCUT2D eigenvalue weighted by atomic mass is 16.5. The number of nitrogens with two attached hydrogens (primary N) is 1. The zero-order valence-electron chi connectivity index (χ0n) is 10.9. The second kappa shape index (κ2) is 6.75. The van der Waals surface area contributed by atoms with Crippen LogP contribution in [-0.4, -0.2) is 28.6 Å². The third-order valence-electron chi connectivity index (χ3n) is 2.43. The van der Waals surface area contributed by atoms with Gasteiger partial charge in [-0.25, -0.2) is 20.6 Å². The molecule has 1 atom stereocenters. The quantitative estimate of drug-likeness (QED) is 0.389. The summed E-state index contributed by atoms with van der Waals surface area (Å²) in [5, 5.41) is 3.00. The maximum absolute atomic E-state index is 11.5. The summed E-state index contributed by atoms with van der Waals surface area (Å²) in [5.41, 5.74) is 3.34. The molecule has 18 heavy (non-hydrogen) atoms. The first kappa shape index (κ1) is 14.2. The third-order valence-corrected chi connectivity index (χ3v) is 2.43. The van der Waals surface area contributed by atoms with Crippen LogP contribution in [0.15, 0.2) is 6.33 Å². The average Bonchev–Trinajstić information content (AvgIpc) is 2.38. The van der Waals surface area contributed by atoms with E-state index < -0.39 is 6.04 Å². The summed E-state index contributed by atoms with van der Waals surface area (Å²) < 4.78 is 4.92. The number of anilines is 2. The molecule has 0 saturated heterocycles. The third kappa shape index (κ3) is 3.30. The number of rotatable bonds is 6. The van der Waals surface area contributed by atoms with Crippen LogP contribution in [0, 0.1) is 0 Å². The molecule has 1 aromatic rings. The molecule has 1 heterocycles. The maximum Gasteiger partial charge on any atom is 0.328 e. The van der Waals surface area contributed by atoms with Crippen LogP contribution in [0.2, 0.25) is 0 Å². The highest BCUT2D eigenvalue weighted by Crippen LogP contribution is 2.20. The van der Waals surface area contributed by atoms with Crippen molar-refractivity contribution < 1.29 is 9.53 Å². The van der Waals surface area contributed by atoms with E-state index in [4.69, 9.17) is 10.6 Å². The van der Waals surface area contributed by atoms with Crippen LogP contribution in [0.1, 0.15) is 26.3 Å². The topological polar surface area (TPSA) is 102 Å². The highest BCUT2D eigenvalue weighted by Gasteiger charge is 2.17. The molecule has 0 aliphatic heterocycles. The Kier molecular flexibility index (Phi) is 5.31. The van der Waals surface area contributed by atoms with Gasteiger partial charge in [-0.15, -0.1) is 0 Å². The number of hydrogen-bond donors (Lipinski definition) is 3. The minimum Gasteiger partial charge on any atom is -0.464 e. The van der Waals surface area contributed by atoms with Crippen LogP contribution in [0.4, 0.5) is 11.6 Å². The fourth-order valence-electron chi connectivity index (χ4n) is 1.53. The Morgan fingerprint density at radius 1 is 1.44 bits per heavy atom. The van der Waals surface area contributed by atoms with Crippen LogP contribution < -0.4 is 16.6 Å². The van der Waals surface area contributed by atoms with E-state index in [1.54, 1.807) is 13.8 Å². The van der Waals surface area contributed by atoms with Crippen LogP contribution in [-0.2, 0) is 16.0 Å². The van der Waals surface area contributed by atoms with E-state index >= 15 is 0 Å². The molecule has 0 radical (unpaired) electrons. The summed E-state index contributed by atoms with van der Waals surface area (Å²) in [6.07, 6.45) is 2.08. The van der Waals surface area contributed by atoms with E-state index in [-0.39, 0.29) is 5.97 Å². The minimum atomic E-state index is -0.476. The molecule has 7 heteroatoms. The van der Waals surface area contributed by atoms with Crippen molar-refractivity contribution in [2.24, 2.45) is 5.84 Å². The van der Waals surface area contributed by atoms with Crippen LogP contribution >= 0.6 is 0 Å². The van der Waals surface area contributed by atoms with Gasteiger partial charge in [-0.2, -0.15) is 0 Å². The smallest absolute Gasteiger partial charge is 0.328 e. The normalized spacial score (nSPS) is 11.8. The van der Waals surface area contributed by atoms with E-state index in [1.807, 2.05) is 6.92 Å². The molecule has 4 N–H and O–H groups in total. The van der Waals surface area contributed by atoms with Gasteiger partial charge < -0.3 is 15.5 Å². The van der Waals surface area contributed by atoms with Crippen molar-refractivity contribution in [1.82, 2.24) is 9.97 Å². The van der Waals surface area contributed by atoms with E-state index in [9.17, 15) is 4.79 Å². The first-order chi connectivity index (χ1) is 8.63. The van der Waals surface area contributed by atoms with E-state index in [0.29, 0.717) is 24.7 Å². The highest BCUT2D eigenvalue weighted by molar-refractivity contribution is 5.79. The van der Waals surface area contributed by atoms with Crippen molar-refractivity contribution >= 4 is 17.6 Å². The number of hydrazine groups is 1. The lowest BCUT2D eigenvalue weighted by molar-refractivity contribution is -0.143. The molecule has 0 aromatic carbocycles. The Bertz CT molecular complexity index is 410. The van der Waals surface area contributed by atoms with E-state index in [2.05, 4.69) is 20.7 Å². The number of hydrogen-bond acceptors (Lipinski definition) is 7. The average molecular weight is 253 g/mol. The second-order valence-electron chi connectivity index (χ2n) is 3.67. The Morgan fingerprint density at radius 2 is 2.11 bits per heavy atom. The molecule has 0 aliphatic carbocycles. The van der Waals surface area contributed by atoms with Crippen LogP contribution in [0.3, 0.4) is 0 Å². The van der Waals surface area contributed by atoms with Gasteiger partial charge >= 0.3 is 5.97 Å². The SMILES string of the molecule is CCOC(=O)C(C)Nc1ncnc(NN)c1CC. The minimum absolute atomic E-state index is 0.319. The largest absolute Gasteiger partial charge is 0.464 e. The number of esters is 1. The van der Waals surface area contributed by atoms with Crippen molar-refractivity contribution in [3.05, 3.63) is 11.9 Å². The lowest BCUT2D eigenvalue weighted by Gasteiger charge is -2.16. The van der Waals surface area contributed by atoms with Crippen molar-refractivity contribution in [1.29, 1.82) is 0 Å². The summed E-state index contributed by atoms with van der Waals surface area (Å²) >= 11 is 0. The molecule has 0 spiro atoms. The van der Waals surface area contributed by atoms with Gasteiger partial charge in [0.05, 0.1) is 6.61 Å². The molecule has 0 aliphatic rings. The molecule has 0 bridgehead atoms. The van der Waals surface area contributed by atoms with Gasteiger partial charge in [0, 0.05) is 5.56 Å². The molecule has 1 rings (SSSR count). The van der Waals surface area contributed by atoms with Crippen molar-refractivity contribution in [3.63, 3.8) is 0 Å². The van der Waals surface area contributed by atoms with E-state index in [1.165, 1.54) is 6.33 Å². The molecule has 0 amide bonds. The zero-order valence-corrected chi connectivity index (χ0v) is 10.9. The first-order valence-electron chi connectivity index (χ1n) is 5.87. The predicted molar refractivity (Wildman–Crippen MR) is 68.9 cm³/mol. The summed E-state index contributed by atoms with van der Waals surface area (Å²) in [5.74, 6) is 6.19. The Hall–Kier alpha value is -1.89. The number of nitrogens with one attached hydrogen (secondary N) is 2. The molecule has 100 valence electrons. The Morgan fingerprint density at radius 3 is 2.67 bits per heavy atom. The summed E-state index contributed by atoms with van der Waals surface area (Å²) in [6, 6.07) is -0.476. The second-order valence-corrected chi connectivity index (χ2v) is 3.67. The van der Waals surface area contributed by atoms with Crippen molar-refractivity contribution in [3.8, 4) is 0 Å². The molecule has 0 saturated carbocycles. The van der Waals surface area contributed by atoms with Gasteiger partial charge in [-0.1, -0.05) is 6.92 Å². The molecule has 7 nitrogen and oxygen atoms in total. The Labute approximate surface area is 106 Å². The monoisotopic (exact) mass is 253 g/mol. The molecule has 1 aromatic heterocycles. The lowest BCUT2D eigenvalue weighted by atomic mass is 10.2. The number of carbonyl (C=O) groups is 1. The van der Waals surface area contributed by atoms with Gasteiger partial charge in [0.15, 0.2) is 0 Å². The standard InChI is InChI=1S/C11H19N5O2/c1-4-8-9(13-6-14-10(8)16-12)15-7(3)11(17)18-5-2/h6-7H,4-5,12H2,1-3H3,(H2,13,14,15,16). The fourth-order valence-corrected chi connectivity index (χ4v) is 1.53. The van der Waals surface area contributed by atoms with Gasteiger partial charge in [0.25, 0.3) is 0 Å². The van der Waals surface area contributed by atoms with Crippen LogP contribution in [0.5, 0.6) is 0 Å². The van der Waals surface area contributed by atoms with Gasteiger partial charge in [-0.3, -0.25) is 0 Å². The van der Waals surface area contributed by atoms with Gasteiger partial charge in [0.1, 0.15) is 24.0 Å². The number of carbonyl (C=O) groups excluding carboxylic acids is 1. The molecule has 1 unspecified atom stereocenters. The molecule has 0 fully saturated rings. The zero-order chi connectivity index (χ0) is 13.5. The summed E-state index contributed by atoms with van der Waals surface area (Å²) in [4.78, 5) is 19.7. The number of aromatic nitrogens is 2. The first-order valence-corrected chi connectivity index (χ1v) is 5.87. The predicted octanol–water partition coefficient (Wildman–Crippen LogP) is 0.688. The van der Waals surface area contributed by atoms with Gasteiger partial charge in [0.2, 0.25) is 0 Å². The van der Waals surface area contributed by atoms with Gasteiger partial charge in [-0.05, 0) is 20.3 Å². The lowest BCUT2D eigenvalue weighted by Crippen LogP contribution is -2.29. The fraction of sp³-hybridized carbons (Fsp3) is 0.545. The van der Waals surface area contributed by atoms with Crippen molar-refractivity contribution in [2.75, 3.05) is 17.3 Å². The Balaban J connectivity index is 2.87. The molecular weight excluding hydrogens is 234 g/mol.